The van der Waals surface area contributed by atoms with Crippen LogP contribution in [0.3, 0.4) is 0 Å². The average Bonchev–Trinajstić information content (AvgIpc) is 3.18. The van der Waals surface area contributed by atoms with Crippen LogP contribution >= 0.6 is 0 Å². The summed E-state index contributed by atoms with van der Waals surface area (Å²) in [4.78, 5) is 9.72. The summed E-state index contributed by atoms with van der Waals surface area (Å²) < 4.78 is 0. The Balaban J connectivity index is 1.76. The first-order valence-electron chi connectivity index (χ1n) is 20.2. The summed E-state index contributed by atoms with van der Waals surface area (Å²) in [7, 11) is 0. The van der Waals surface area contributed by atoms with Crippen molar-refractivity contribution in [2.45, 2.75) is 69.2 Å². The van der Waals surface area contributed by atoms with E-state index in [-0.39, 0.29) is 11.8 Å². The van der Waals surface area contributed by atoms with Crippen LogP contribution < -0.4 is 19.6 Å². The smallest absolute Gasteiger partial charge is 0.0366 e. The number of hydrogen-bond donors (Lipinski definition) is 0. The van der Waals surface area contributed by atoms with Crippen LogP contribution in [-0.4, -0.2) is 52.4 Å². The molecule has 0 N–H and O–H groups in total. The van der Waals surface area contributed by atoms with E-state index < -0.39 is 0 Å². The monoisotopic (exact) mass is 697 g/mol. The van der Waals surface area contributed by atoms with Gasteiger partial charge in [0.15, 0.2) is 0 Å². The maximum Gasteiger partial charge on any atom is 0.0366 e. The molecule has 0 aliphatic heterocycles. The molecule has 0 saturated carbocycles. The van der Waals surface area contributed by atoms with E-state index in [1.165, 1.54) is 67.3 Å². The van der Waals surface area contributed by atoms with Crippen LogP contribution in [0.4, 0.5) is 22.7 Å². The fourth-order valence-electron chi connectivity index (χ4n) is 8.61. The molecule has 4 aromatic carbocycles. The lowest BCUT2D eigenvalue weighted by Crippen LogP contribution is -2.23. The van der Waals surface area contributed by atoms with Gasteiger partial charge in [0.05, 0.1) is 0 Å². The van der Waals surface area contributed by atoms with Crippen LogP contribution in [0.5, 0.6) is 0 Å². The molecule has 5 rings (SSSR count). The molecule has 0 unspecified atom stereocenters. The van der Waals surface area contributed by atoms with Crippen molar-refractivity contribution >= 4 is 45.0 Å². The topological polar surface area (TPSA) is 13.0 Å². The average molecular weight is 697 g/mol. The first-order chi connectivity index (χ1) is 25.3. The van der Waals surface area contributed by atoms with E-state index in [1.807, 2.05) is 0 Å². The molecule has 0 spiro atoms. The summed E-state index contributed by atoms with van der Waals surface area (Å²) in [5.41, 5.74) is 16.1. The first-order valence-corrected chi connectivity index (χ1v) is 20.2. The van der Waals surface area contributed by atoms with Crippen molar-refractivity contribution in [3.63, 3.8) is 0 Å². The van der Waals surface area contributed by atoms with Gasteiger partial charge < -0.3 is 19.6 Å². The predicted octanol–water partition coefficient (Wildman–Crippen LogP) is 11.9. The van der Waals surface area contributed by atoms with Crippen molar-refractivity contribution in [3.8, 4) is 0 Å². The molecule has 0 heterocycles. The van der Waals surface area contributed by atoms with Gasteiger partial charge in [-0.2, -0.15) is 0 Å². The fraction of sp³-hybridized carbons (Fsp3) is 0.417. The quantitative estimate of drug-likeness (QED) is 0.116. The summed E-state index contributed by atoms with van der Waals surface area (Å²) in [6.45, 7) is 30.8. The Labute approximate surface area is 316 Å². The lowest BCUT2D eigenvalue weighted by molar-refractivity contribution is 0.863. The van der Waals surface area contributed by atoms with Crippen LogP contribution in [0.15, 0.2) is 97.1 Å². The second-order valence-electron chi connectivity index (χ2n) is 14.0. The molecule has 0 atom stereocenters. The molecule has 0 amide bonds. The van der Waals surface area contributed by atoms with E-state index in [0.717, 1.165) is 52.4 Å². The zero-order valence-electron chi connectivity index (χ0n) is 33.8. The highest BCUT2D eigenvalue weighted by Gasteiger charge is 2.35. The standard InChI is InChI=1S/C48H64N4/c1-11-49(12-2)41-27-19-37(20-28-41)45-35(9)47(39-23-31-43(32-24-39)51(15-5)16-6)48(40-25-33-44(34-26-40)52(17-7)18-8)36(10)46(45)38-21-29-42(30-22-38)50(13-3)14-4/h19-36H,11-18H2,1-10H3. The number of nitrogens with zero attached hydrogens (tertiary/aromatic N) is 4. The van der Waals surface area contributed by atoms with E-state index in [4.69, 9.17) is 0 Å². The number of rotatable bonds is 16. The molecule has 4 heteroatoms. The molecule has 0 aromatic heterocycles. The van der Waals surface area contributed by atoms with E-state index in [0.29, 0.717) is 0 Å². The molecule has 0 radical (unpaired) electrons. The van der Waals surface area contributed by atoms with Crippen molar-refractivity contribution in [3.05, 3.63) is 119 Å². The van der Waals surface area contributed by atoms with Gasteiger partial charge in [0.1, 0.15) is 0 Å². The minimum absolute atomic E-state index is 0.171. The zero-order valence-corrected chi connectivity index (χ0v) is 33.8. The minimum atomic E-state index is 0.171. The number of hydrogen-bond acceptors (Lipinski definition) is 4. The largest absolute Gasteiger partial charge is 0.372 e. The Morgan fingerprint density at radius 3 is 0.577 bits per heavy atom. The molecule has 0 saturated heterocycles. The Morgan fingerprint density at radius 1 is 0.288 bits per heavy atom. The van der Waals surface area contributed by atoms with Crippen molar-refractivity contribution in [1.29, 1.82) is 0 Å². The third-order valence-electron chi connectivity index (χ3n) is 11.5. The molecule has 0 fully saturated rings. The van der Waals surface area contributed by atoms with Crippen LogP contribution in [0.25, 0.3) is 22.3 Å². The minimum Gasteiger partial charge on any atom is -0.372 e. The van der Waals surface area contributed by atoms with Gasteiger partial charge in [-0.25, -0.2) is 0 Å². The maximum absolute atomic E-state index is 2.45. The van der Waals surface area contributed by atoms with Crippen molar-refractivity contribution in [2.75, 3.05) is 72.0 Å². The lowest BCUT2D eigenvalue weighted by atomic mass is 9.66. The zero-order chi connectivity index (χ0) is 37.4. The van der Waals surface area contributed by atoms with Gasteiger partial charge in [-0.3, -0.25) is 0 Å². The van der Waals surface area contributed by atoms with Gasteiger partial charge in [0.2, 0.25) is 0 Å². The van der Waals surface area contributed by atoms with Gasteiger partial charge in [-0.05, 0) is 148 Å². The van der Waals surface area contributed by atoms with Crippen LogP contribution in [-0.2, 0) is 0 Å². The summed E-state index contributed by atoms with van der Waals surface area (Å²) in [6, 6.07) is 37.7. The Morgan fingerprint density at radius 2 is 0.442 bits per heavy atom. The number of benzene rings is 4. The van der Waals surface area contributed by atoms with Gasteiger partial charge in [-0.1, -0.05) is 62.4 Å². The maximum atomic E-state index is 2.45. The van der Waals surface area contributed by atoms with Gasteiger partial charge in [0.25, 0.3) is 0 Å². The highest BCUT2D eigenvalue weighted by molar-refractivity contribution is 6.11. The highest BCUT2D eigenvalue weighted by Crippen LogP contribution is 2.54. The summed E-state index contributed by atoms with van der Waals surface area (Å²) in [5.74, 6) is 0.342. The van der Waals surface area contributed by atoms with Gasteiger partial charge >= 0.3 is 0 Å². The molecule has 1 aliphatic carbocycles. The summed E-state index contributed by atoms with van der Waals surface area (Å²) >= 11 is 0. The predicted molar refractivity (Wildman–Crippen MR) is 232 cm³/mol. The number of anilines is 4. The molecule has 52 heavy (non-hydrogen) atoms. The Hall–Kier alpha value is -4.44. The van der Waals surface area contributed by atoms with Crippen LogP contribution in [0, 0.1) is 11.8 Å². The SMILES string of the molecule is CCN(CC)c1ccc(C2=C(c3ccc(N(CC)CC)cc3)C(C)C(c3ccc(N(CC)CC)cc3)=C(c3ccc(N(CC)CC)cc3)C2C)cc1. The van der Waals surface area contributed by atoms with Crippen molar-refractivity contribution in [1.82, 2.24) is 0 Å². The molecule has 4 nitrogen and oxygen atoms in total. The lowest BCUT2D eigenvalue weighted by Gasteiger charge is -2.37. The van der Waals surface area contributed by atoms with Crippen LogP contribution in [0.1, 0.15) is 91.5 Å². The Bertz CT molecular complexity index is 1500. The van der Waals surface area contributed by atoms with Gasteiger partial charge in [0, 0.05) is 86.9 Å². The molecular weight excluding hydrogens is 633 g/mol. The number of allylic oxidation sites excluding steroid dienone is 4. The second kappa shape index (κ2) is 17.9. The normalized spacial score (nSPS) is 16.0. The second-order valence-corrected chi connectivity index (χ2v) is 14.0. The fourth-order valence-corrected chi connectivity index (χ4v) is 8.61. The third-order valence-corrected chi connectivity index (χ3v) is 11.5. The van der Waals surface area contributed by atoms with E-state index in [2.05, 4.69) is 186 Å². The molecule has 1 aliphatic rings. The third kappa shape index (κ3) is 7.82. The molecule has 4 aromatic rings. The van der Waals surface area contributed by atoms with Crippen LogP contribution in [0.2, 0.25) is 0 Å². The molecule has 276 valence electrons. The van der Waals surface area contributed by atoms with Gasteiger partial charge in [-0.15, -0.1) is 0 Å². The van der Waals surface area contributed by atoms with E-state index >= 15 is 0 Å². The van der Waals surface area contributed by atoms with Crippen molar-refractivity contribution in [2.24, 2.45) is 11.8 Å². The Kier molecular flexibility index (Phi) is 13.3. The van der Waals surface area contributed by atoms with Crippen molar-refractivity contribution < 1.29 is 0 Å². The van der Waals surface area contributed by atoms with E-state index in [9.17, 15) is 0 Å². The molecular formula is C48H64N4. The molecule has 0 bridgehead atoms. The summed E-state index contributed by atoms with van der Waals surface area (Å²) in [5, 5.41) is 0. The first kappa shape index (κ1) is 38.8. The highest BCUT2D eigenvalue weighted by atomic mass is 15.1. The van der Waals surface area contributed by atoms with E-state index in [1.54, 1.807) is 0 Å². The summed E-state index contributed by atoms with van der Waals surface area (Å²) in [6.07, 6.45) is 0.